The number of hydrogen-bond acceptors (Lipinski definition) is 2. The summed E-state index contributed by atoms with van der Waals surface area (Å²) in [5.41, 5.74) is 2.13. The van der Waals surface area contributed by atoms with Gasteiger partial charge in [0.05, 0.1) is 16.2 Å². The third kappa shape index (κ3) is 1.99. The molecule has 0 radical (unpaired) electrons. The van der Waals surface area contributed by atoms with Gasteiger partial charge in [-0.2, -0.15) is 0 Å². The van der Waals surface area contributed by atoms with E-state index in [9.17, 15) is 0 Å². The van der Waals surface area contributed by atoms with E-state index in [1.165, 1.54) is 0 Å². The summed E-state index contributed by atoms with van der Waals surface area (Å²) < 4.78 is 0. The van der Waals surface area contributed by atoms with E-state index < -0.39 is 0 Å². The zero-order valence-electron chi connectivity index (χ0n) is 6.71. The van der Waals surface area contributed by atoms with Crippen LogP contribution in [0.3, 0.4) is 0 Å². The van der Waals surface area contributed by atoms with E-state index >= 15 is 0 Å². The third-order valence-corrected chi connectivity index (χ3v) is 1.95. The number of aromatic nitrogens is 2. The Kier molecular flexibility index (Phi) is 3.00. The van der Waals surface area contributed by atoms with E-state index in [1.807, 2.05) is 0 Å². The van der Waals surface area contributed by atoms with Crippen LogP contribution in [0.1, 0.15) is 30.1 Å². The molecule has 1 unspecified atom stereocenters. The van der Waals surface area contributed by atoms with E-state index in [4.69, 9.17) is 0 Å². The lowest BCUT2D eigenvalue weighted by Gasteiger charge is -2.05. The second-order valence-corrected chi connectivity index (χ2v) is 3.73. The van der Waals surface area contributed by atoms with Crippen molar-refractivity contribution in [3.05, 3.63) is 23.8 Å². The summed E-state index contributed by atoms with van der Waals surface area (Å²) >= 11 is 3.47. The fourth-order valence-corrected chi connectivity index (χ4v) is 1.36. The van der Waals surface area contributed by atoms with E-state index in [1.54, 1.807) is 12.4 Å². The molecule has 60 valence electrons. The van der Waals surface area contributed by atoms with Crippen molar-refractivity contribution in [1.82, 2.24) is 9.97 Å². The Morgan fingerprint density at radius 3 is 2.55 bits per heavy atom. The highest BCUT2D eigenvalue weighted by molar-refractivity contribution is 9.09. The molecule has 0 aliphatic heterocycles. The fraction of sp³-hybridized carbons (Fsp3) is 0.500. The van der Waals surface area contributed by atoms with Crippen molar-refractivity contribution in [2.24, 2.45) is 0 Å². The van der Waals surface area contributed by atoms with Crippen molar-refractivity contribution in [3.63, 3.8) is 0 Å². The first-order chi connectivity index (χ1) is 5.25. The van der Waals surface area contributed by atoms with Gasteiger partial charge in [0.25, 0.3) is 0 Å². The van der Waals surface area contributed by atoms with Gasteiger partial charge in [-0.15, -0.1) is 0 Å². The van der Waals surface area contributed by atoms with Gasteiger partial charge in [-0.1, -0.05) is 22.9 Å². The molecule has 0 spiro atoms. The van der Waals surface area contributed by atoms with Gasteiger partial charge in [-0.3, -0.25) is 9.97 Å². The maximum Gasteiger partial charge on any atom is 0.0752 e. The molecule has 2 nitrogen and oxygen atoms in total. The predicted octanol–water partition coefficient (Wildman–Crippen LogP) is 2.49. The molecule has 0 fully saturated rings. The van der Waals surface area contributed by atoms with Gasteiger partial charge < -0.3 is 0 Å². The lowest BCUT2D eigenvalue weighted by molar-refractivity contribution is 0.899. The molecule has 1 aromatic heterocycles. The minimum Gasteiger partial charge on any atom is -0.258 e. The molecule has 1 rings (SSSR count). The van der Waals surface area contributed by atoms with Crippen LogP contribution in [0.5, 0.6) is 0 Å². The number of halogens is 1. The van der Waals surface area contributed by atoms with Crippen LogP contribution in [0.15, 0.2) is 12.4 Å². The number of nitrogens with zero attached hydrogens (tertiary/aromatic N) is 2. The summed E-state index contributed by atoms with van der Waals surface area (Å²) in [4.78, 5) is 8.76. The summed E-state index contributed by atoms with van der Waals surface area (Å²) in [6.45, 7) is 4.14. The van der Waals surface area contributed by atoms with Crippen LogP contribution < -0.4 is 0 Å². The van der Waals surface area contributed by atoms with E-state index in [0.29, 0.717) is 4.83 Å². The molecule has 0 saturated carbocycles. The molecule has 0 amide bonds. The molecule has 0 N–H and O–H groups in total. The van der Waals surface area contributed by atoms with Crippen molar-refractivity contribution < 1.29 is 0 Å². The van der Waals surface area contributed by atoms with Gasteiger partial charge in [0.1, 0.15) is 0 Å². The Bertz CT molecular complexity index is 235. The SMILES string of the molecule is CCc1nccnc1C(C)Br. The monoisotopic (exact) mass is 214 g/mol. The molecule has 1 heterocycles. The number of alkyl halides is 1. The summed E-state index contributed by atoms with van der Waals surface area (Å²) in [7, 11) is 0. The van der Waals surface area contributed by atoms with E-state index in [2.05, 4.69) is 39.7 Å². The van der Waals surface area contributed by atoms with Crippen LogP contribution in [0, 0.1) is 0 Å². The topological polar surface area (TPSA) is 25.8 Å². The maximum absolute atomic E-state index is 4.24. The molecule has 0 aliphatic carbocycles. The number of aryl methyl sites for hydroxylation is 1. The summed E-state index contributed by atoms with van der Waals surface area (Å²) in [5, 5.41) is 0. The largest absolute Gasteiger partial charge is 0.258 e. The first-order valence-electron chi connectivity index (χ1n) is 3.69. The smallest absolute Gasteiger partial charge is 0.0752 e. The highest BCUT2D eigenvalue weighted by Crippen LogP contribution is 2.21. The van der Waals surface area contributed by atoms with Gasteiger partial charge in [0.2, 0.25) is 0 Å². The Morgan fingerprint density at radius 1 is 1.45 bits per heavy atom. The van der Waals surface area contributed by atoms with Crippen LogP contribution >= 0.6 is 15.9 Å². The van der Waals surface area contributed by atoms with Crippen LogP contribution in [0.25, 0.3) is 0 Å². The van der Waals surface area contributed by atoms with Gasteiger partial charge in [0, 0.05) is 12.4 Å². The zero-order valence-corrected chi connectivity index (χ0v) is 8.30. The van der Waals surface area contributed by atoms with Crippen molar-refractivity contribution in [3.8, 4) is 0 Å². The quantitative estimate of drug-likeness (QED) is 0.708. The third-order valence-electron chi connectivity index (χ3n) is 1.52. The summed E-state index contributed by atoms with van der Waals surface area (Å²) in [6, 6.07) is 0. The molecule has 0 saturated heterocycles. The van der Waals surface area contributed by atoms with Crippen LogP contribution in [0.4, 0.5) is 0 Å². The molecule has 11 heavy (non-hydrogen) atoms. The second kappa shape index (κ2) is 3.81. The van der Waals surface area contributed by atoms with Crippen LogP contribution in [-0.2, 0) is 6.42 Å². The fourth-order valence-electron chi connectivity index (χ4n) is 0.982. The Labute approximate surface area is 75.2 Å². The Balaban J connectivity index is 3.02. The first-order valence-corrected chi connectivity index (χ1v) is 4.61. The first kappa shape index (κ1) is 8.65. The number of rotatable bonds is 2. The Hall–Kier alpha value is -0.440. The molecule has 0 aliphatic rings. The summed E-state index contributed by atoms with van der Waals surface area (Å²) in [6.07, 6.45) is 4.41. The predicted molar refractivity (Wildman–Crippen MR) is 48.8 cm³/mol. The van der Waals surface area contributed by atoms with E-state index in [-0.39, 0.29) is 0 Å². The standard InChI is InChI=1S/C8H11BrN2/c1-3-7-8(6(2)9)11-5-4-10-7/h4-6H,3H2,1-2H3. The number of hydrogen-bond donors (Lipinski definition) is 0. The normalized spacial score (nSPS) is 13.0. The van der Waals surface area contributed by atoms with Crippen molar-refractivity contribution in [2.45, 2.75) is 25.1 Å². The Morgan fingerprint density at radius 2 is 2.09 bits per heavy atom. The lowest BCUT2D eigenvalue weighted by Crippen LogP contribution is -1.99. The second-order valence-electron chi connectivity index (χ2n) is 2.36. The minimum absolute atomic E-state index is 0.297. The molecule has 1 aromatic rings. The molecule has 1 atom stereocenters. The highest BCUT2D eigenvalue weighted by Gasteiger charge is 2.07. The van der Waals surface area contributed by atoms with Gasteiger partial charge in [0.15, 0.2) is 0 Å². The minimum atomic E-state index is 0.297. The molecule has 3 heteroatoms. The lowest BCUT2D eigenvalue weighted by atomic mass is 10.2. The average molecular weight is 215 g/mol. The molecule has 0 bridgehead atoms. The molecular weight excluding hydrogens is 204 g/mol. The molecule has 0 aromatic carbocycles. The van der Waals surface area contributed by atoms with E-state index in [0.717, 1.165) is 17.8 Å². The van der Waals surface area contributed by atoms with Gasteiger partial charge >= 0.3 is 0 Å². The average Bonchev–Trinajstić information content (AvgIpc) is 2.04. The maximum atomic E-state index is 4.24. The van der Waals surface area contributed by atoms with Crippen molar-refractivity contribution in [2.75, 3.05) is 0 Å². The van der Waals surface area contributed by atoms with Crippen LogP contribution in [-0.4, -0.2) is 9.97 Å². The highest BCUT2D eigenvalue weighted by atomic mass is 79.9. The van der Waals surface area contributed by atoms with Gasteiger partial charge in [-0.05, 0) is 13.3 Å². The molecular formula is C8H11BrN2. The van der Waals surface area contributed by atoms with Crippen molar-refractivity contribution >= 4 is 15.9 Å². The summed E-state index contributed by atoms with van der Waals surface area (Å²) in [5.74, 6) is 0. The van der Waals surface area contributed by atoms with Gasteiger partial charge in [-0.25, -0.2) is 0 Å². The zero-order chi connectivity index (χ0) is 8.27. The van der Waals surface area contributed by atoms with Crippen molar-refractivity contribution in [1.29, 1.82) is 0 Å². The van der Waals surface area contributed by atoms with Crippen LogP contribution in [0.2, 0.25) is 0 Å².